The Labute approximate surface area is 156 Å². The molecule has 1 saturated heterocycles. The Bertz CT molecular complexity index is 855. The summed E-state index contributed by atoms with van der Waals surface area (Å²) in [5, 5.41) is 10.4. The van der Waals surface area contributed by atoms with Crippen LogP contribution in [0.3, 0.4) is 0 Å². The van der Waals surface area contributed by atoms with E-state index in [0.717, 1.165) is 23.5 Å². The van der Waals surface area contributed by atoms with Crippen LogP contribution in [-0.2, 0) is 0 Å². The van der Waals surface area contributed by atoms with Crippen molar-refractivity contribution in [3.05, 3.63) is 59.3 Å². The number of thiophene rings is 1. The molecule has 0 aliphatic carbocycles. The summed E-state index contributed by atoms with van der Waals surface area (Å²) in [7, 11) is 0. The lowest BCUT2D eigenvalue weighted by Crippen LogP contribution is -2.49. The number of carbonyl (C=O) groups excluding carboxylic acids is 1. The summed E-state index contributed by atoms with van der Waals surface area (Å²) in [5.41, 5.74) is 0.742. The standard InChI is InChI=1S/C19H20N4O2S/c1-14(17-20-21-18(25-17)16-8-5-13-26-16)22-9-11-23(12-10-22)19(24)15-6-3-2-4-7-15/h2-8,13-14H,9-12H2,1H3/t14-/m0/s1. The van der Waals surface area contributed by atoms with Gasteiger partial charge in [0.1, 0.15) is 0 Å². The largest absolute Gasteiger partial charge is 0.418 e. The van der Waals surface area contributed by atoms with E-state index in [-0.39, 0.29) is 11.9 Å². The highest BCUT2D eigenvalue weighted by Crippen LogP contribution is 2.27. The highest BCUT2D eigenvalue weighted by molar-refractivity contribution is 7.13. The van der Waals surface area contributed by atoms with Gasteiger partial charge in [0.05, 0.1) is 10.9 Å². The summed E-state index contributed by atoms with van der Waals surface area (Å²) >= 11 is 1.58. The van der Waals surface area contributed by atoms with E-state index >= 15 is 0 Å². The van der Waals surface area contributed by atoms with Gasteiger partial charge in [0.25, 0.3) is 11.8 Å². The Morgan fingerprint density at radius 2 is 1.85 bits per heavy atom. The second kappa shape index (κ2) is 7.39. The van der Waals surface area contributed by atoms with Crippen molar-refractivity contribution in [1.29, 1.82) is 0 Å². The molecule has 0 N–H and O–H groups in total. The first-order valence-corrected chi connectivity index (χ1v) is 9.56. The van der Waals surface area contributed by atoms with Gasteiger partial charge in [-0.15, -0.1) is 21.5 Å². The van der Waals surface area contributed by atoms with Crippen LogP contribution in [0, 0.1) is 0 Å². The fourth-order valence-electron chi connectivity index (χ4n) is 3.14. The molecule has 1 atom stereocenters. The third-order valence-corrected chi connectivity index (χ3v) is 5.56. The zero-order valence-electron chi connectivity index (χ0n) is 14.5. The number of benzene rings is 1. The van der Waals surface area contributed by atoms with Crippen LogP contribution in [0.1, 0.15) is 29.2 Å². The van der Waals surface area contributed by atoms with E-state index in [0.29, 0.717) is 24.9 Å². The van der Waals surface area contributed by atoms with Crippen molar-refractivity contribution < 1.29 is 9.21 Å². The third-order valence-electron chi connectivity index (χ3n) is 4.70. The predicted octanol–water partition coefficient (Wildman–Crippen LogP) is 3.32. The summed E-state index contributed by atoms with van der Waals surface area (Å²) in [5.74, 6) is 1.28. The van der Waals surface area contributed by atoms with Crippen molar-refractivity contribution in [2.24, 2.45) is 0 Å². The van der Waals surface area contributed by atoms with Gasteiger partial charge in [0, 0.05) is 31.7 Å². The lowest BCUT2D eigenvalue weighted by atomic mass is 10.1. The number of piperazine rings is 1. The van der Waals surface area contributed by atoms with Crippen LogP contribution >= 0.6 is 11.3 Å². The number of hydrogen-bond donors (Lipinski definition) is 0. The molecule has 1 aliphatic rings. The molecule has 0 saturated carbocycles. The molecule has 4 rings (SSSR count). The maximum atomic E-state index is 12.5. The Balaban J connectivity index is 1.38. The second-order valence-corrected chi connectivity index (χ2v) is 7.24. The zero-order chi connectivity index (χ0) is 17.9. The van der Waals surface area contributed by atoms with E-state index in [2.05, 4.69) is 22.0 Å². The summed E-state index contributed by atoms with van der Waals surface area (Å²) < 4.78 is 5.85. The van der Waals surface area contributed by atoms with Crippen LogP contribution in [0.2, 0.25) is 0 Å². The van der Waals surface area contributed by atoms with Crippen LogP contribution in [0.4, 0.5) is 0 Å². The van der Waals surface area contributed by atoms with Crippen LogP contribution in [0.5, 0.6) is 0 Å². The molecule has 1 aliphatic heterocycles. The minimum absolute atomic E-state index is 0.0326. The maximum Gasteiger partial charge on any atom is 0.257 e. The lowest BCUT2D eigenvalue weighted by Gasteiger charge is -2.36. The van der Waals surface area contributed by atoms with Crippen molar-refractivity contribution in [3.8, 4) is 10.8 Å². The summed E-state index contributed by atoms with van der Waals surface area (Å²) in [6.45, 7) is 5.04. The molecule has 6 nitrogen and oxygen atoms in total. The second-order valence-electron chi connectivity index (χ2n) is 6.29. The minimum atomic E-state index is 0.0326. The maximum absolute atomic E-state index is 12.5. The van der Waals surface area contributed by atoms with Crippen molar-refractivity contribution >= 4 is 17.2 Å². The van der Waals surface area contributed by atoms with Crippen molar-refractivity contribution in [1.82, 2.24) is 20.0 Å². The van der Waals surface area contributed by atoms with E-state index in [1.165, 1.54) is 0 Å². The van der Waals surface area contributed by atoms with Crippen molar-refractivity contribution in [2.45, 2.75) is 13.0 Å². The summed E-state index contributed by atoms with van der Waals surface area (Å²) in [6.07, 6.45) is 0. The van der Waals surface area contributed by atoms with Gasteiger partial charge in [-0.25, -0.2) is 0 Å². The number of nitrogens with zero attached hydrogens (tertiary/aromatic N) is 4. The Morgan fingerprint density at radius 3 is 2.54 bits per heavy atom. The van der Waals surface area contributed by atoms with Gasteiger partial charge in [-0.3, -0.25) is 9.69 Å². The normalized spacial score (nSPS) is 16.6. The number of rotatable bonds is 4. The van der Waals surface area contributed by atoms with Crippen molar-refractivity contribution in [3.63, 3.8) is 0 Å². The molecule has 0 bridgehead atoms. The van der Waals surface area contributed by atoms with E-state index in [4.69, 9.17) is 4.42 Å². The van der Waals surface area contributed by atoms with Crippen LogP contribution in [0.25, 0.3) is 10.8 Å². The molecule has 0 spiro atoms. The molecular formula is C19H20N4O2S. The molecule has 3 aromatic rings. The van der Waals surface area contributed by atoms with Crippen molar-refractivity contribution in [2.75, 3.05) is 26.2 Å². The smallest absolute Gasteiger partial charge is 0.257 e. The first-order chi connectivity index (χ1) is 12.7. The number of amides is 1. The Morgan fingerprint density at radius 1 is 1.08 bits per heavy atom. The lowest BCUT2D eigenvalue weighted by molar-refractivity contribution is 0.0559. The van der Waals surface area contributed by atoms with Gasteiger partial charge in [-0.1, -0.05) is 24.3 Å². The highest BCUT2D eigenvalue weighted by atomic mass is 32.1. The first kappa shape index (κ1) is 16.9. The monoisotopic (exact) mass is 368 g/mol. The highest BCUT2D eigenvalue weighted by Gasteiger charge is 2.28. The SMILES string of the molecule is C[C@@H](c1nnc(-c2cccs2)o1)N1CCN(C(=O)c2ccccc2)CC1. The van der Waals surface area contributed by atoms with Crippen LogP contribution < -0.4 is 0 Å². The van der Waals surface area contributed by atoms with E-state index in [1.807, 2.05) is 52.7 Å². The number of hydrogen-bond acceptors (Lipinski definition) is 6. The van der Waals surface area contributed by atoms with Crippen LogP contribution in [-0.4, -0.2) is 52.1 Å². The number of aromatic nitrogens is 2. The van der Waals surface area contributed by atoms with Gasteiger partial charge in [-0.05, 0) is 30.5 Å². The fraction of sp³-hybridized carbons (Fsp3) is 0.316. The molecular weight excluding hydrogens is 348 g/mol. The van der Waals surface area contributed by atoms with E-state index < -0.39 is 0 Å². The first-order valence-electron chi connectivity index (χ1n) is 8.68. The predicted molar refractivity (Wildman–Crippen MR) is 99.9 cm³/mol. The number of carbonyl (C=O) groups is 1. The molecule has 134 valence electrons. The summed E-state index contributed by atoms with van der Waals surface area (Å²) in [6, 6.07) is 13.4. The van der Waals surface area contributed by atoms with Crippen LogP contribution in [0.15, 0.2) is 52.3 Å². The summed E-state index contributed by atoms with van der Waals surface area (Å²) in [4.78, 5) is 17.7. The molecule has 1 fully saturated rings. The third kappa shape index (κ3) is 3.40. The average molecular weight is 368 g/mol. The zero-order valence-corrected chi connectivity index (χ0v) is 15.4. The van der Waals surface area contributed by atoms with E-state index in [9.17, 15) is 4.79 Å². The van der Waals surface area contributed by atoms with Gasteiger partial charge in [-0.2, -0.15) is 0 Å². The molecule has 26 heavy (non-hydrogen) atoms. The van der Waals surface area contributed by atoms with Gasteiger partial charge in [0.2, 0.25) is 5.89 Å². The van der Waals surface area contributed by atoms with Gasteiger partial charge in [0.15, 0.2) is 0 Å². The minimum Gasteiger partial charge on any atom is -0.418 e. The molecule has 3 heterocycles. The van der Waals surface area contributed by atoms with Gasteiger partial charge >= 0.3 is 0 Å². The molecule has 1 amide bonds. The molecule has 0 unspecified atom stereocenters. The Hall–Kier alpha value is -2.51. The van der Waals surface area contributed by atoms with Gasteiger partial charge < -0.3 is 9.32 Å². The molecule has 7 heteroatoms. The average Bonchev–Trinajstić information content (AvgIpc) is 3.39. The Kier molecular flexibility index (Phi) is 4.81. The molecule has 0 radical (unpaired) electrons. The molecule has 2 aromatic heterocycles. The van der Waals surface area contributed by atoms with E-state index in [1.54, 1.807) is 11.3 Å². The molecule has 1 aromatic carbocycles. The quantitative estimate of drug-likeness (QED) is 0.707. The fourth-order valence-corrected chi connectivity index (χ4v) is 3.78. The topological polar surface area (TPSA) is 62.5 Å².